The van der Waals surface area contributed by atoms with Gasteiger partial charge in [-0.1, -0.05) is 26.0 Å². The SMILES string of the molecule is CCOC(=O)CN1CCN(Cc2ccc(SC(C)C)cc2)CC1. The maximum Gasteiger partial charge on any atom is 0.320 e. The molecule has 1 aromatic rings. The van der Waals surface area contributed by atoms with Crippen molar-refractivity contribution in [1.29, 1.82) is 0 Å². The van der Waals surface area contributed by atoms with Gasteiger partial charge in [-0.25, -0.2) is 0 Å². The van der Waals surface area contributed by atoms with Crippen molar-refractivity contribution in [2.24, 2.45) is 0 Å². The van der Waals surface area contributed by atoms with Crippen LogP contribution in [0.1, 0.15) is 26.3 Å². The van der Waals surface area contributed by atoms with Crippen LogP contribution in [0.4, 0.5) is 0 Å². The molecule has 1 aromatic carbocycles. The summed E-state index contributed by atoms with van der Waals surface area (Å²) in [4.78, 5) is 17.5. The van der Waals surface area contributed by atoms with Gasteiger partial charge in [-0.15, -0.1) is 11.8 Å². The Bertz CT molecular complexity index is 482. The van der Waals surface area contributed by atoms with E-state index in [2.05, 4.69) is 47.9 Å². The van der Waals surface area contributed by atoms with Crippen LogP contribution in [0.2, 0.25) is 0 Å². The number of benzene rings is 1. The molecule has 128 valence electrons. The van der Waals surface area contributed by atoms with Crippen LogP contribution < -0.4 is 0 Å². The molecule has 0 radical (unpaired) electrons. The van der Waals surface area contributed by atoms with Crippen LogP contribution in [-0.2, 0) is 16.1 Å². The first-order valence-corrected chi connectivity index (χ1v) is 9.30. The van der Waals surface area contributed by atoms with Crippen LogP contribution in [0.25, 0.3) is 0 Å². The number of esters is 1. The summed E-state index contributed by atoms with van der Waals surface area (Å²) in [6, 6.07) is 8.90. The highest BCUT2D eigenvalue weighted by molar-refractivity contribution is 7.99. The molecule has 0 saturated carbocycles. The molecule has 0 aliphatic carbocycles. The molecule has 4 nitrogen and oxygen atoms in total. The van der Waals surface area contributed by atoms with Gasteiger partial charge < -0.3 is 4.74 Å². The third-order valence-corrected chi connectivity index (χ3v) is 4.84. The highest BCUT2D eigenvalue weighted by Gasteiger charge is 2.19. The molecule has 0 atom stereocenters. The second-order valence-corrected chi connectivity index (χ2v) is 7.82. The number of hydrogen-bond acceptors (Lipinski definition) is 5. The highest BCUT2D eigenvalue weighted by atomic mass is 32.2. The Morgan fingerprint density at radius 1 is 1.13 bits per heavy atom. The molecular formula is C18H28N2O2S. The molecule has 0 unspecified atom stereocenters. The minimum absolute atomic E-state index is 0.112. The van der Waals surface area contributed by atoms with Crippen LogP contribution in [0, 0.1) is 0 Å². The molecule has 1 fully saturated rings. The smallest absolute Gasteiger partial charge is 0.320 e. The second-order valence-electron chi connectivity index (χ2n) is 6.17. The predicted molar refractivity (Wildman–Crippen MR) is 95.8 cm³/mol. The van der Waals surface area contributed by atoms with Crippen molar-refractivity contribution >= 4 is 17.7 Å². The van der Waals surface area contributed by atoms with E-state index in [0.29, 0.717) is 18.4 Å². The first kappa shape index (κ1) is 18.3. The van der Waals surface area contributed by atoms with Crippen molar-refractivity contribution in [1.82, 2.24) is 9.80 Å². The van der Waals surface area contributed by atoms with Gasteiger partial charge in [0.1, 0.15) is 0 Å². The highest BCUT2D eigenvalue weighted by Crippen LogP contribution is 2.23. The first-order valence-electron chi connectivity index (χ1n) is 8.42. The zero-order chi connectivity index (χ0) is 16.7. The number of piperazine rings is 1. The third-order valence-electron chi connectivity index (χ3n) is 3.82. The topological polar surface area (TPSA) is 32.8 Å². The van der Waals surface area contributed by atoms with Crippen molar-refractivity contribution in [2.45, 2.75) is 37.5 Å². The second kappa shape index (κ2) is 9.30. The van der Waals surface area contributed by atoms with E-state index in [-0.39, 0.29) is 5.97 Å². The maximum atomic E-state index is 11.5. The Labute approximate surface area is 144 Å². The zero-order valence-electron chi connectivity index (χ0n) is 14.5. The van der Waals surface area contributed by atoms with Gasteiger partial charge in [-0.2, -0.15) is 0 Å². The molecule has 1 aliphatic rings. The fraction of sp³-hybridized carbons (Fsp3) is 0.611. The van der Waals surface area contributed by atoms with Gasteiger partial charge in [0.2, 0.25) is 0 Å². The molecule has 0 N–H and O–H groups in total. The Hall–Kier alpha value is -1.04. The van der Waals surface area contributed by atoms with Crippen molar-refractivity contribution in [2.75, 3.05) is 39.3 Å². The molecule has 23 heavy (non-hydrogen) atoms. The summed E-state index contributed by atoms with van der Waals surface area (Å²) in [7, 11) is 0. The van der Waals surface area contributed by atoms with E-state index in [4.69, 9.17) is 4.74 Å². The Balaban J connectivity index is 1.74. The number of nitrogens with zero attached hydrogens (tertiary/aromatic N) is 2. The van der Waals surface area contributed by atoms with Gasteiger partial charge in [0.05, 0.1) is 13.2 Å². The van der Waals surface area contributed by atoms with Gasteiger partial charge >= 0.3 is 5.97 Å². The predicted octanol–water partition coefficient (Wildman–Crippen LogP) is 2.87. The minimum atomic E-state index is -0.112. The summed E-state index contributed by atoms with van der Waals surface area (Å²) in [6.45, 7) is 12.0. The van der Waals surface area contributed by atoms with E-state index in [1.165, 1.54) is 10.5 Å². The molecule has 1 aliphatic heterocycles. The maximum absolute atomic E-state index is 11.5. The summed E-state index contributed by atoms with van der Waals surface area (Å²) in [5, 5.41) is 0.619. The lowest BCUT2D eigenvalue weighted by Gasteiger charge is -2.34. The zero-order valence-corrected chi connectivity index (χ0v) is 15.3. The quantitative estimate of drug-likeness (QED) is 0.565. The average molecular weight is 337 g/mol. The monoisotopic (exact) mass is 336 g/mol. The summed E-state index contributed by atoms with van der Waals surface area (Å²) >= 11 is 1.90. The lowest BCUT2D eigenvalue weighted by Crippen LogP contribution is -2.47. The number of ether oxygens (including phenoxy) is 1. The normalized spacial score (nSPS) is 16.7. The lowest BCUT2D eigenvalue weighted by molar-refractivity contribution is -0.144. The van der Waals surface area contributed by atoms with Gasteiger partial charge in [-0.05, 0) is 24.6 Å². The molecule has 0 bridgehead atoms. The summed E-state index contributed by atoms with van der Waals surface area (Å²) in [5.74, 6) is -0.112. The number of thioether (sulfide) groups is 1. The fourth-order valence-electron chi connectivity index (χ4n) is 2.70. The Kier molecular flexibility index (Phi) is 7.40. The molecule has 2 rings (SSSR count). The van der Waals surface area contributed by atoms with E-state index in [0.717, 1.165) is 32.7 Å². The van der Waals surface area contributed by atoms with Crippen LogP contribution in [0.15, 0.2) is 29.2 Å². The van der Waals surface area contributed by atoms with E-state index in [1.807, 2.05) is 18.7 Å². The molecule has 5 heteroatoms. The third kappa shape index (κ3) is 6.53. The molecule has 1 saturated heterocycles. The molecule has 0 aromatic heterocycles. The minimum Gasteiger partial charge on any atom is -0.465 e. The van der Waals surface area contributed by atoms with Crippen molar-refractivity contribution in [3.05, 3.63) is 29.8 Å². The standard InChI is InChI=1S/C18H28N2O2S/c1-4-22-18(21)14-20-11-9-19(10-12-20)13-16-5-7-17(8-6-16)23-15(2)3/h5-8,15H,4,9-14H2,1-3H3. The van der Waals surface area contributed by atoms with Gasteiger partial charge in [0, 0.05) is 42.9 Å². The van der Waals surface area contributed by atoms with Crippen molar-refractivity contribution < 1.29 is 9.53 Å². The van der Waals surface area contributed by atoms with E-state index in [1.54, 1.807) is 0 Å². The summed E-state index contributed by atoms with van der Waals surface area (Å²) < 4.78 is 5.01. The molecular weight excluding hydrogens is 308 g/mol. The van der Waals surface area contributed by atoms with E-state index in [9.17, 15) is 4.79 Å². The average Bonchev–Trinajstić information content (AvgIpc) is 2.51. The number of carbonyl (C=O) groups is 1. The number of hydrogen-bond donors (Lipinski definition) is 0. The Morgan fingerprint density at radius 3 is 2.30 bits per heavy atom. The molecule has 0 spiro atoms. The first-order chi connectivity index (χ1) is 11.1. The number of carbonyl (C=O) groups excluding carboxylic acids is 1. The van der Waals surface area contributed by atoms with Crippen LogP contribution in [-0.4, -0.2) is 60.3 Å². The van der Waals surface area contributed by atoms with Gasteiger partial charge in [-0.3, -0.25) is 14.6 Å². The van der Waals surface area contributed by atoms with Crippen LogP contribution in [0.3, 0.4) is 0 Å². The largest absolute Gasteiger partial charge is 0.465 e. The van der Waals surface area contributed by atoms with Crippen LogP contribution >= 0.6 is 11.8 Å². The van der Waals surface area contributed by atoms with Crippen molar-refractivity contribution in [3.63, 3.8) is 0 Å². The Morgan fingerprint density at radius 2 is 1.74 bits per heavy atom. The van der Waals surface area contributed by atoms with Crippen molar-refractivity contribution in [3.8, 4) is 0 Å². The van der Waals surface area contributed by atoms with Crippen LogP contribution in [0.5, 0.6) is 0 Å². The van der Waals surface area contributed by atoms with E-state index >= 15 is 0 Å². The molecule has 1 heterocycles. The lowest BCUT2D eigenvalue weighted by atomic mass is 10.2. The van der Waals surface area contributed by atoms with Gasteiger partial charge in [0.15, 0.2) is 0 Å². The fourth-order valence-corrected chi connectivity index (χ4v) is 3.54. The number of rotatable bonds is 7. The van der Waals surface area contributed by atoms with E-state index < -0.39 is 0 Å². The summed E-state index contributed by atoms with van der Waals surface area (Å²) in [5.41, 5.74) is 1.36. The summed E-state index contributed by atoms with van der Waals surface area (Å²) in [6.07, 6.45) is 0. The van der Waals surface area contributed by atoms with Gasteiger partial charge in [0.25, 0.3) is 0 Å². The molecule has 0 amide bonds.